The summed E-state index contributed by atoms with van der Waals surface area (Å²) in [7, 11) is -9.83. The van der Waals surface area contributed by atoms with E-state index in [2.05, 4.69) is 16.5 Å². The first-order chi connectivity index (χ1) is 25.3. The van der Waals surface area contributed by atoms with Gasteiger partial charge in [-0.25, -0.2) is 9.98 Å². The van der Waals surface area contributed by atoms with Gasteiger partial charge in [-0.05, 0) is 80.1 Å². The maximum Gasteiger partial charge on any atom is 0.325 e. The Kier molecular flexibility index (Phi) is 11.1. The third-order valence-corrected chi connectivity index (χ3v) is 9.63. The molecular formula is C35H36N8O9S2. The maximum absolute atomic E-state index is 13.0. The highest BCUT2D eigenvalue weighted by Gasteiger charge is 2.35. The minimum atomic E-state index is -4.91. The lowest BCUT2D eigenvalue weighted by Gasteiger charge is -2.23. The highest BCUT2D eigenvalue weighted by Crippen LogP contribution is 2.31. The Bertz CT molecular complexity index is 2410. The molecule has 17 nitrogen and oxygen atoms in total. The van der Waals surface area contributed by atoms with Crippen molar-refractivity contribution in [1.29, 1.82) is 5.26 Å². The molecule has 0 spiro atoms. The van der Waals surface area contributed by atoms with Crippen LogP contribution in [0.25, 0.3) is 11.4 Å². The zero-order chi connectivity index (χ0) is 39.6. The van der Waals surface area contributed by atoms with Crippen molar-refractivity contribution in [2.75, 3.05) is 29.9 Å². The summed E-state index contributed by atoms with van der Waals surface area (Å²) in [5, 5.41) is 20.9. The number of esters is 1. The van der Waals surface area contributed by atoms with Crippen LogP contribution in [-0.4, -0.2) is 83.8 Å². The van der Waals surface area contributed by atoms with Crippen LogP contribution < -0.4 is 10.2 Å². The SMILES string of the molecule is CCOC(=O)CN(CCC#N)c1ccc(N=C2C(C(C)(C)C)=Nn3nc(-c4ccc(NC(=O)c5cc(S(=O)(=O)O)cc(S(=O)(=O)O)c5)cc4)nc32)c(C)c1. The van der Waals surface area contributed by atoms with Crippen molar-refractivity contribution in [2.24, 2.45) is 15.5 Å². The van der Waals surface area contributed by atoms with E-state index in [1.54, 1.807) is 24.0 Å². The molecule has 0 aliphatic carbocycles. The van der Waals surface area contributed by atoms with E-state index >= 15 is 0 Å². The van der Waals surface area contributed by atoms with Gasteiger partial charge in [-0.1, -0.05) is 20.8 Å². The van der Waals surface area contributed by atoms with Gasteiger partial charge in [-0.15, -0.1) is 9.89 Å². The summed E-state index contributed by atoms with van der Waals surface area (Å²) in [6.07, 6.45) is 0.220. The predicted molar refractivity (Wildman–Crippen MR) is 198 cm³/mol. The molecule has 0 unspecified atom stereocenters. The summed E-state index contributed by atoms with van der Waals surface area (Å²) in [6, 6.07) is 15.9. The van der Waals surface area contributed by atoms with Gasteiger partial charge in [0.2, 0.25) is 5.82 Å². The number of carbonyl (C=O) groups excluding carboxylic acids is 2. The molecule has 0 saturated carbocycles. The van der Waals surface area contributed by atoms with E-state index in [0.29, 0.717) is 46.9 Å². The molecule has 0 bridgehead atoms. The summed E-state index contributed by atoms with van der Waals surface area (Å²) in [6.45, 7) is 10.2. The Balaban J connectivity index is 1.42. The zero-order valence-corrected chi connectivity index (χ0v) is 31.4. The average molecular weight is 777 g/mol. The number of hydrogen-bond acceptors (Lipinski definition) is 13. The largest absolute Gasteiger partial charge is 0.465 e. The van der Waals surface area contributed by atoms with Crippen LogP contribution in [0, 0.1) is 23.7 Å². The molecule has 54 heavy (non-hydrogen) atoms. The van der Waals surface area contributed by atoms with Gasteiger partial charge >= 0.3 is 5.97 Å². The molecule has 282 valence electrons. The topological polar surface area (TPSA) is 247 Å². The second kappa shape index (κ2) is 15.3. The van der Waals surface area contributed by atoms with Crippen molar-refractivity contribution in [2.45, 2.75) is 50.8 Å². The van der Waals surface area contributed by atoms with Gasteiger partial charge in [0.1, 0.15) is 12.3 Å². The van der Waals surface area contributed by atoms with Crippen LogP contribution in [0.5, 0.6) is 0 Å². The van der Waals surface area contributed by atoms with Crippen molar-refractivity contribution in [3.63, 3.8) is 0 Å². The van der Waals surface area contributed by atoms with E-state index in [1.165, 1.54) is 16.9 Å². The second-order valence-electron chi connectivity index (χ2n) is 13.1. The second-order valence-corrected chi connectivity index (χ2v) is 15.9. The monoisotopic (exact) mass is 776 g/mol. The van der Waals surface area contributed by atoms with E-state index < -0.39 is 52.9 Å². The van der Waals surface area contributed by atoms with Crippen LogP contribution in [0.1, 0.15) is 55.9 Å². The molecule has 1 amide bonds. The van der Waals surface area contributed by atoms with Crippen LogP contribution in [0.3, 0.4) is 0 Å². The fourth-order valence-corrected chi connectivity index (χ4v) is 6.51. The number of benzene rings is 3. The van der Waals surface area contributed by atoms with E-state index in [9.17, 15) is 35.5 Å². The van der Waals surface area contributed by atoms with Crippen molar-refractivity contribution in [1.82, 2.24) is 14.9 Å². The number of nitrogens with one attached hydrogen (secondary N) is 1. The number of anilines is 2. The quantitative estimate of drug-likeness (QED) is 0.131. The molecule has 3 N–H and O–H groups in total. The number of fused-ring (bicyclic) bond motifs is 1. The zero-order valence-electron chi connectivity index (χ0n) is 29.8. The van der Waals surface area contributed by atoms with Crippen LogP contribution in [0.2, 0.25) is 0 Å². The Morgan fingerprint density at radius 1 is 1.00 bits per heavy atom. The molecule has 5 rings (SSSR count). The van der Waals surface area contributed by atoms with Gasteiger partial charge in [0, 0.05) is 34.5 Å². The molecule has 0 saturated heterocycles. The highest BCUT2D eigenvalue weighted by molar-refractivity contribution is 7.86. The third-order valence-electron chi connectivity index (χ3n) is 7.97. The molecule has 19 heteroatoms. The summed E-state index contributed by atoms with van der Waals surface area (Å²) in [4.78, 5) is 36.3. The molecule has 1 aliphatic heterocycles. The first-order valence-corrected chi connectivity index (χ1v) is 19.2. The average Bonchev–Trinajstić information content (AvgIpc) is 3.66. The van der Waals surface area contributed by atoms with Crippen molar-refractivity contribution < 1.29 is 40.3 Å². The Labute approximate surface area is 311 Å². The maximum atomic E-state index is 13.0. The van der Waals surface area contributed by atoms with E-state index in [0.717, 1.165) is 23.4 Å². The van der Waals surface area contributed by atoms with Crippen molar-refractivity contribution in [3.05, 3.63) is 77.6 Å². The van der Waals surface area contributed by atoms with Gasteiger partial charge in [0.05, 0.1) is 40.3 Å². The summed E-state index contributed by atoms with van der Waals surface area (Å²) < 4.78 is 70.6. The fourth-order valence-electron chi connectivity index (χ4n) is 5.34. The first kappa shape index (κ1) is 39.4. The van der Waals surface area contributed by atoms with Gasteiger partial charge in [-0.3, -0.25) is 18.7 Å². The Hall–Kier alpha value is -5.81. The third kappa shape index (κ3) is 9.03. The standard InChI is InChI=1S/C35H36N8O9S2/c1-6-52-29(44)20-42(15-7-14-36)25-12-13-28(21(2)16-25)38-30-31(35(3,4)5)40-43-33(30)39-32(41-43)22-8-10-24(11-9-22)37-34(45)23-17-26(53(46,47)48)19-27(18-23)54(49,50)51/h8-13,16-19H,6-7,15,20H2,1-5H3,(H,37,45)(H,46,47,48)(H,49,50,51). The molecule has 1 aromatic heterocycles. The molecule has 0 fully saturated rings. The molecule has 0 radical (unpaired) electrons. The van der Waals surface area contributed by atoms with E-state index in [1.807, 2.05) is 45.9 Å². The Morgan fingerprint density at radius 2 is 1.65 bits per heavy atom. The van der Waals surface area contributed by atoms with Gasteiger partial charge in [0.15, 0.2) is 5.82 Å². The van der Waals surface area contributed by atoms with E-state index in [-0.39, 0.29) is 25.3 Å². The minimum Gasteiger partial charge on any atom is -0.465 e. The van der Waals surface area contributed by atoms with Crippen LogP contribution in [0.4, 0.5) is 17.1 Å². The summed E-state index contributed by atoms with van der Waals surface area (Å²) >= 11 is 0. The lowest BCUT2D eigenvalue weighted by Crippen LogP contribution is -2.31. The number of amides is 1. The Morgan fingerprint density at radius 3 is 2.20 bits per heavy atom. The number of nitrogens with zero attached hydrogens (tertiary/aromatic N) is 7. The summed E-state index contributed by atoms with van der Waals surface area (Å²) in [5.74, 6) is -0.628. The molecule has 0 atom stereocenters. The molecule has 4 aromatic rings. The molecule has 1 aliphatic rings. The number of hydrogen-bond donors (Lipinski definition) is 3. The number of ether oxygens (including phenoxy) is 1. The minimum absolute atomic E-state index is 0.00824. The number of rotatable bonds is 12. The molecular weight excluding hydrogens is 741 g/mol. The summed E-state index contributed by atoms with van der Waals surface area (Å²) in [5.41, 5.74) is 3.21. The van der Waals surface area contributed by atoms with Gasteiger partial charge < -0.3 is 15.0 Å². The number of aryl methyl sites for hydroxylation is 1. The lowest BCUT2D eigenvalue weighted by molar-refractivity contribution is -0.141. The normalized spacial score (nSPS) is 13.6. The van der Waals surface area contributed by atoms with Crippen molar-refractivity contribution >= 4 is 60.6 Å². The first-order valence-electron chi connectivity index (χ1n) is 16.3. The smallest absolute Gasteiger partial charge is 0.325 e. The fraction of sp³-hybridized carbons (Fsp3) is 0.286. The highest BCUT2D eigenvalue weighted by atomic mass is 32.2. The number of carbonyl (C=O) groups is 2. The van der Waals surface area contributed by atoms with Crippen LogP contribution >= 0.6 is 0 Å². The van der Waals surface area contributed by atoms with Crippen molar-refractivity contribution in [3.8, 4) is 17.5 Å². The molecule has 3 aromatic carbocycles. The number of aromatic nitrogens is 3. The van der Waals surface area contributed by atoms with Crippen LogP contribution in [-0.2, 0) is 29.8 Å². The van der Waals surface area contributed by atoms with Gasteiger partial charge in [-0.2, -0.15) is 27.2 Å². The lowest BCUT2D eigenvalue weighted by atomic mass is 9.87. The number of nitriles is 1. The number of aliphatic imine (C=N–C) groups is 1. The van der Waals surface area contributed by atoms with Gasteiger partial charge in [0.25, 0.3) is 26.1 Å². The predicted octanol–water partition coefficient (Wildman–Crippen LogP) is 4.67. The van der Waals surface area contributed by atoms with Crippen LogP contribution in [0.15, 0.2) is 80.5 Å². The molecule has 2 heterocycles. The van der Waals surface area contributed by atoms with E-state index in [4.69, 9.17) is 25.1 Å².